The predicted molar refractivity (Wildman–Crippen MR) is 69.7 cm³/mol. The molecule has 82 valence electrons. The van der Waals surface area contributed by atoms with E-state index < -0.39 is 19.8 Å². The van der Waals surface area contributed by atoms with Gasteiger partial charge in [-0.25, -0.2) is 0 Å². The molecule has 0 amide bonds. The summed E-state index contributed by atoms with van der Waals surface area (Å²) in [5.41, 5.74) is 0.822. The summed E-state index contributed by atoms with van der Waals surface area (Å²) in [4.78, 5) is 11.1. The third kappa shape index (κ3) is 2.78. The summed E-state index contributed by atoms with van der Waals surface area (Å²) in [5.74, 6) is 0.150. The van der Waals surface area contributed by atoms with E-state index in [1.807, 2.05) is 12.1 Å². The number of ketones is 1. The van der Waals surface area contributed by atoms with Crippen molar-refractivity contribution in [2.75, 3.05) is 22.1 Å². The van der Waals surface area contributed by atoms with Gasteiger partial charge in [0.25, 0.3) is 0 Å². The summed E-state index contributed by atoms with van der Waals surface area (Å²) in [6.07, 6.45) is 0. The van der Waals surface area contributed by atoms with Crippen molar-refractivity contribution in [2.24, 2.45) is 0 Å². The van der Waals surface area contributed by atoms with Crippen molar-refractivity contribution in [3.63, 3.8) is 0 Å². The van der Waals surface area contributed by atoms with Crippen molar-refractivity contribution in [3.8, 4) is 0 Å². The molecule has 1 heterocycles. The fourth-order valence-electron chi connectivity index (χ4n) is 1.57. The van der Waals surface area contributed by atoms with Gasteiger partial charge in [-0.05, 0) is 0 Å². The molecule has 0 unspecified atom stereocenters. The normalized spacial score (nSPS) is 18.9. The van der Waals surface area contributed by atoms with E-state index in [1.165, 1.54) is 12.4 Å². The minimum absolute atomic E-state index is 0.150. The molecular weight excluding hydrogens is 303 g/mol. The van der Waals surface area contributed by atoms with Crippen molar-refractivity contribution in [1.82, 2.24) is 0 Å². The third-order valence-corrected chi connectivity index (χ3v) is 8.42. The fraction of sp³-hybridized carbons (Fsp3) is 0.417. The number of rotatable bonds is 2. The molecule has 0 spiro atoms. The Balaban J connectivity index is 2.11. The fourth-order valence-corrected chi connectivity index (χ4v) is 6.42. The molecule has 15 heavy (non-hydrogen) atoms. The summed E-state index contributed by atoms with van der Waals surface area (Å²) in [6, 6.07) is 8.22. The Bertz CT molecular complexity index is 339. The van der Waals surface area contributed by atoms with E-state index in [0.29, 0.717) is 0 Å². The molecule has 0 aliphatic carbocycles. The number of alkyl halides is 2. The van der Waals surface area contributed by atoms with Crippen molar-refractivity contribution < 1.29 is 9.53 Å². The van der Waals surface area contributed by atoms with Crippen LogP contribution in [-0.4, -0.2) is 27.9 Å². The van der Waals surface area contributed by atoms with Crippen molar-refractivity contribution in [1.29, 1.82) is 0 Å². The van der Waals surface area contributed by atoms with Crippen LogP contribution >= 0.6 is 19.8 Å². The molecule has 1 aliphatic rings. The first kappa shape index (κ1) is 11.1. The average Bonchev–Trinajstić information content (AvgIpc) is 2.30. The van der Waals surface area contributed by atoms with Crippen LogP contribution in [0.25, 0.3) is 0 Å². The molecule has 1 saturated heterocycles. The topological polar surface area (TPSA) is 26.3 Å². The Kier molecular flexibility index (Phi) is 3.75. The molecular formula is C12H15IO2. The molecule has 2 nitrogen and oxygen atoms in total. The zero-order valence-electron chi connectivity index (χ0n) is 8.83. The Morgan fingerprint density at radius 3 is 2.33 bits per heavy atom. The van der Waals surface area contributed by atoms with E-state index >= 15 is 0 Å². The van der Waals surface area contributed by atoms with Gasteiger partial charge in [0.05, 0.1) is 0 Å². The summed E-state index contributed by atoms with van der Waals surface area (Å²) in [6.45, 7) is 3.47. The van der Waals surface area contributed by atoms with Gasteiger partial charge in [0, 0.05) is 0 Å². The second kappa shape index (κ2) is 5.07. The van der Waals surface area contributed by atoms with Crippen molar-refractivity contribution in [2.45, 2.75) is 6.92 Å². The van der Waals surface area contributed by atoms with E-state index in [-0.39, 0.29) is 5.78 Å². The minimum atomic E-state index is -0.950. The molecule has 0 radical (unpaired) electrons. The standard InChI is InChI=1S/C12H15IO2/c1-10(14)11-2-4-12(5-3-11)13-6-8-15-9-7-13/h2-5H,6-9H2,1H3. The molecule has 1 aliphatic heterocycles. The SMILES string of the molecule is CC(=O)c1ccc(I2CCOCC2)cc1. The van der Waals surface area contributed by atoms with E-state index in [1.54, 1.807) is 6.92 Å². The number of halogens is 1. The number of carbonyl (C=O) groups excluding carboxylic acids is 1. The van der Waals surface area contributed by atoms with E-state index in [9.17, 15) is 4.79 Å². The average molecular weight is 318 g/mol. The van der Waals surface area contributed by atoms with Gasteiger partial charge in [-0.15, -0.1) is 0 Å². The van der Waals surface area contributed by atoms with Crippen LogP contribution in [0.5, 0.6) is 0 Å². The number of hydrogen-bond donors (Lipinski definition) is 0. The zero-order valence-corrected chi connectivity index (χ0v) is 11.0. The Labute approximate surface area is 97.4 Å². The van der Waals surface area contributed by atoms with E-state index in [2.05, 4.69) is 12.1 Å². The molecule has 2 rings (SSSR count). The van der Waals surface area contributed by atoms with Crippen LogP contribution in [0.2, 0.25) is 0 Å². The van der Waals surface area contributed by atoms with Gasteiger partial charge >= 0.3 is 97.5 Å². The molecule has 1 aromatic rings. The Hall–Kier alpha value is -0.420. The Morgan fingerprint density at radius 1 is 1.20 bits per heavy atom. The summed E-state index contributed by atoms with van der Waals surface area (Å²) in [5, 5.41) is 0. The molecule has 0 N–H and O–H groups in total. The molecule has 0 bridgehead atoms. The van der Waals surface area contributed by atoms with Crippen LogP contribution in [0.15, 0.2) is 24.3 Å². The third-order valence-electron chi connectivity index (χ3n) is 2.46. The summed E-state index contributed by atoms with van der Waals surface area (Å²) < 4.78 is 9.37. The number of hydrogen-bond acceptors (Lipinski definition) is 2. The van der Waals surface area contributed by atoms with Gasteiger partial charge in [-0.2, -0.15) is 0 Å². The van der Waals surface area contributed by atoms with Crippen molar-refractivity contribution >= 4 is 25.6 Å². The van der Waals surface area contributed by atoms with Gasteiger partial charge in [-0.3, -0.25) is 0 Å². The number of ether oxygens (including phenoxy) is 1. The van der Waals surface area contributed by atoms with Gasteiger partial charge in [-0.1, -0.05) is 0 Å². The monoisotopic (exact) mass is 318 g/mol. The summed E-state index contributed by atoms with van der Waals surface area (Å²) >= 11 is -0.950. The first-order valence-corrected chi connectivity index (χ1v) is 9.21. The van der Waals surface area contributed by atoms with Crippen LogP contribution in [0.1, 0.15) is 17.3 Å². The molecule has 0 saturated carbocycles. The predicted octanol–water partition coefficient (Wildman–Crippen LogP) is 2.60. The number of carbonyl (C=O) groups is 1. The molecule has 0 aromatic heterocycles. The molecule has 1 fully saturated rings. The second-order valence-corrected chi connectivity index (χ2v) is 9.52. The first-order chi connectivity index (χ1) is 7.27. The molecule has 3 heteroatoms. The van der Waals surface area contributed by atoms with E-state index in [4.69, 9.17) is 4.74 Å². The van der Waals surface area contributed by atoms with Crippen LogP contribution in [-0.2, 0) is 4.74 Å². The van der Waals surface area contributed by atoms with Crippen LogP contribution in [0, 0.1) is 3.57 Å². The maximum absolute atomic E-state index is 11.1. The summed E-state index contributed by atoms with van der Waals surface area (Å²) in [7, 11) is 0. The second-order valence-electron chi connectivity index (χ2n) is 3.51. The van der Waals surface area contributed by atoms with Crippen LogP contribution < -0.4 is 0 Å². The molecule has 1 aromatic carbocycles. The Morgan fingerprint density at radius 2 is 1.80 bits per heavy atom. The van der Waals surface area contributed by atoms with Gasteiger partial charge in [0.15, 0.2) is 0 Å². The zero-order chi connectivity index (χ0) is 10.7. The quantitative estimate of drug-likeness (QED) is 0.476. The number of benzene rings is 1. The maximum atomic E-state index is 11.1. The van der Waals surface area contributed by atoms with Crippen LogP contribution in [0.4, 0.5) is 0 Å². The van der Waals surface area contributed by atoms with Gasteiger partial charge in [0.1, 0.15) is 0 Å². The number of Topliss-reactive ketones (excluding diaryl/α,β-unsaturated/α-hetero) is 1. The molecule has 0 atom stereocenters. The van der Waals surface area contributed by atoms with Gasteiger partial charge < -0.3 is 0 Å². The van der Waals surface area contributed by atoms with E-state index in [0.717, 1.165) is 18.8 Å². The van der Waals surface area contributed by atoms with Crippen LogP contribution in [0.3, 0.4) is 0 Å². The van der Waals surface area contributed by atoms with Crippen molar-refractivity contribution in [3.05, 3.63) is 33.4 Å². The first-order valence-electron chi connectivity index (χ1n) is 5.08. The van der Waals surface area contributed by atoms with Gasteiger partial charge in [0.2, 0.25) is 0 Å².